The van der Waals surface area contributed by atoms with E-state index in [9.17, 15) is 22.4 Å². The molecule has 242 valence electrons. The van der Waals surface area contributed by atoms with Crippen LogP contribution in [0.3, 0.4) is 0 Å². The van der Waals surface area contributed by atoms with Gasteiger partial charge in [-0.1, -0.05) is 61.5 Å². The fourth-order valence-corrected chi connectivity index (χ4v) is 5.85. The monoisotopic (exact) mass is 658 g/mol. The van der Waals surface area contributed by atoms with Gasteiger partial charge in [0.25, 0.3) is 0 Å². The molecule has 2 unspecified atom stereocenters. The second-order valence-electron chi connectivity index (χ2n) is 10.6. The van der Waals surface area contributed by atoms with Crippen molar-refractivity contribution in [3.63, 3.8) is 0 Å². The quantitative estimate of drug-likeness (QED) is 0.145. The maximum Gasteiger partial charge on any atom is 0.573 e. The molecule has 0 saturated carbocycles. The SMILES string of the molecule is CCCc1ccc(C)cc1N1CCCS/C1=N\C(=O)NC(F)C(F)c1ccc(-c2ncn(-c3ccc(OC(F)(F)F)cc3)n2)cc1. The highest BCUT2D eigenvalue weighted by atomic mass is 32.2. The van der Waals surface area contributed by atoms with E-state index in [0.717, 1.165) is 54.0 Å². The van der Waals surface area contributed by atoms with Gasteiger partial charge in [0.05, 0.1) is 5.69 Å². The molecule has 4 aromatic rings. The smallest absolute Gasteiger partial charge is 0.406 e. The Kier molecular flexibility index (Phi) is 10.2. The van der Waals surface area contributed by atoms with Crippen molar-refractivity contribution < 1.29 is 31.5 Å². The van der Waals surface area contributed by atoms with Crippen molar-refractivity contribution >= 4 is 28.6 Å². The first-order chi connectivity index (χ1) is 22.0. The van der Waals surface area contributed by atoms with Crippen LogP contribution in [0.25, 0.3) is 17.1 Å². The number of amides is 2. The van der Waals surface area contributed by atoms with Gasteiger partial charge in [-0.25, -0.2) is 23.2 Å². The number of benzene rings is 3. The van der Waals surface area contributed by atoms with Gasteiger partial charge >= 0.3 is 12.4 Å². The molecule has 2 heterocycles. The van der Waals surface area contributed by atoms with Crippen LogP contribution in [0.2, 0.25) is 0 Å². The van der Waals surface area contributed by atoms with Crippen molar-refractivity contribution in [1.82, 2.24) is 20.1 Å². The summed E-state index contributed by atoms with van der Waals surface area (Å²) < 4.78 is 72.5. The number of hydrogen-bond donors (Lipinski definition) is 1. The molecule has 3 aromatic carbocycles. The minimum absolute atomic E-state index is 0.0125. The molecular weight excluding hydrogens is 627 g/mol. The summed E-state index contributed by atoms with van der Waals surface area (Å²) in [6.07, 6.45) is -5.24. The summed E-state index contributed by atoms with van der Waals surface area (Å²) in [6, 6.07) is 16.0. The highest BCUT2D eigenvalue weighted by Gasteiger charge is 2.31. The fourth-order valence-electron chi connectivity index (χ4n) is 4.90. The Morgan fingerprint density at radius 3 is 2.52 bits per heavy atom. The number of aliphatic imine (C=N–C) groups is 1. The molecule has 0 spiro atoms. The van der Waals surface area contributed by atoms with E-state index in [1.54, 1.807) is 0 Å². The molecule has 14 heteroatoms. The van der Waals surface area contributed by atoms with Crippen molar-refractivity contribution in [2.24, 2.45) is 4.99 Å². The molecule has 0 bridgehead atoms. The summed E-state index contributed by atoms with van der Waals surface area (Å²) in [4.78, 5) is 23.0. The number of halogens is 5. The van der Waals surface area contributed by atoms with Crippen LogP contribution in [0, 0.1) is 6.92 Å². The lowest BCUT2D eigenvalue weighted by Crippen LogP contribution is -2.38. The normalized spacial score (nSPS) is 15.9. The lowest BCUT2D eigenvalue weighted by molar-refractivity contribution is -0.274. The predicted molar refractivity (Wildman–Crippen MR) is 168 cm³/mol. The second kappa shape index (κ2) is 14.3. The number of urea groups is 1. The van der Waals surface area contributed by atoms with E-state index in [0.29, 0.717) is 23.0 Å². The zero-order valence-corrected chi connectivity index (χ0v) is 25.8. The average Bonchev–Trinajstić information content (AvgIpc) is 3.52. The van der Waals surface area contributed by atoms with Crippen LogP contribution in [0.4, 0.5) is 32.4 Å². The summed E-state index contributed by atoms with van der Waals surface area (Å²) in [5.41, 5.74) is 4.08. The van der Waals surface area contributed by atoms with Gasteiger partial charge < -0.3 is 15.0 Å². The first-order valence-corrected chi connectivity index (χ1v) is 15.5. The average molecular weight is 659 g/mol. The molecule has 1 saturated heterocycles. The van der Waals surface area contributed by atoms with Crippen LogP contribution in [-0.2, 0) is 6.42 Å². The van der Waals surface area contributed by atoms with Gasteiger partial charge in [0.2, 0.25) is 6.30 Å². The van der Waals surface area contributed by atoms with E-state index in [2.05, 4.69) is 38.9 Å². The van der Waals surface area contributed by atoms with E-state index in [-0.39, 0.29) is 17.1 Å². The maximum absolute atomic E-state index is 15.1. The topological polar surface area (TPSA) is 84.6 Å². The number of aryl methyl sites for hydroxylation is 2. The molecule has 1 aliphatic rings. The third kappa shape index (κ3) is 8.22. The predicted octanol–water partition coefficient (Wildman–Crippen LogP) is 8.11. The zero-order chi connectivity index (χ0) is 32.8. The first-order valence-electron chi connectivity index (χ1n) is 14.6. The number of rotatable bonds is 9. The first kappa shape index (κ1) is 32.9. The molecule has 2 atom stereocenters. The van der Waals surface area contributed by atoms with Crippen LogP contribution in [-0.4, -0.2) is 50.9 Å². The number of amidine groups is 1. The minimum Gasteiger partial charge on any atom is -0.406 e. The van der Waals surface area contributed by atoms with Gasteiger partial charge in [0.1, 0.15) is 12.1 Å². The summed E-state index contributed by atoms with van der Waals surface area (Å²) in [5.74, 6) is 0.634. The number of aromatic nitrogens is 3. The van der Waals surface area contributed by atoms with Crippen molar-refractivity contribution in [2.75, 3.05) is 17.2 Å². The molecule has 2 amide bonds. The molecule has 1 fully saturated rings. The van der Waals surface area contributed by atoms with E-state index < -0.39 is 24.9 Å². The minimum atomic E-state index is -4.80. The number of carbonyl (C=O) groups is 1. The Bertz CT molecular complexity index is 1680. The summed E-state index contributed by atoms with van der Waals surface area (Å²) in [6.45, 7) is 4.75. The summed E-state index contributed by atoms with van der Waals surface area (Å²) in [5, 5.41) is 6.77. The number of nitrogens with one attached hydrogen (secondary N) is 1. The van der Waals surface area contributed by atoms with Crippen LogP contribution in [0.5, 0.6) is 5.75 Å². The molecule has 1 aliphatic heterocycles. The Hall–Kier alpha value is -4.46. The number of hydrogen-bond acceptors (Lipinski definition) is 5. The number of alkyl halides is 5. The van der Waals surface area contributed by atoms with Crippen LogP contribution < -0.4 is 15.0 Å². The Morgan fingerprint density at radius 2 is 1.83 bits per heavy atom. The summed E-state index contributed by atoms with van der Waals surface area (Å²) in [7, 11) is 0. The van der Waals surface area contributed by atoms with Crippen LogP contribution >= 0.6 is 11.8 Å². The van der Waals surface area contributed by atoms with E-state index in [4.69, 9.17) is 0 Å². The van der Waals surface area contributed by atoms with Gasteiger partial charge in [-0.05, 0) is 66.8 Å². The molecule has 0 radical (unpaired) electrons. The Labute approximate surface area is 266 Å². The summed E-state index contributed by atoms with van der Waals surface area (Å²) >= 11 is 1.40. The largest absolute Gasteiger partial charge is 0.573 e. The molecule has 46 heavy (non-hydrogen) atoms. The maximum atomic E-state index is 15.1. The van der Waals surface area contributed by atoms with Crippen molar-refractivity contribution in [3.05, 3.63) is 89.7 Å². The molecule has 5 rings (SSSR count). The van der Waals surface area contributed by atoms with Gasteiger partial charge in [0, 0.05) is 23.5 Å². The number of nitrogens with zero attached hydrogens (tertiary/aromatic N) is 5. The van der Waals surface area contributed by atoms with Gasteiger partial charge in [-0.3, -0.25) is 0 Å². The van der Waals surface area contributed by atoms with Crippen molar-refractivity contribution in [1.29, 1.82) is 0 Å². The zero-order valence-electron chi connectivity index (χ0n) is 25.0. The van der Waals surface area contributed by atoms with Crippen LogP contribution in [0.1, 0.15) is 42.6 Å². The van der Waals surface area contributed by atoms with E-state index >= 15 is 4.39 Å². The lowest BCUT2D eigenvalue weighted by Gasteiger charge is -2.31. The molecule has 1 N–H and O–H groups in total. The number of carbonyl (C=O) groups excluding carboxylic acids is 1. The standard InChI is InChI=1S/C32H31F5N6O2S/c1-3-5-21-7-6-20(2)18-26(21)42-16-4-17-46-31(42)40-30(44)39-28(34)27(33)22-8-10-23(11-9-22)29-38-19-43(41-29)24-12-14-25(15-13-24)45-32(35,36)37/h6-15,18-19,27-28H,3-5,16-17H2,1-2H3,(H,39,44)/b40-31-. The van der Waals surface area contributed by atoms with Gasteiger partial charge in [-0.15, -0.1) is 18.3 Å². The van der Waals surface area contributed by atoms with Gasteiger partial charge in [0.15, 0.2) is 17.2 Å². The van der Waals surface area contributed by atoms with Crippen molar-refractivity contribution in [2.45, 2.75) is 51.9 Å². The molecular formula is C32H31F5N6O2S. The van der Waals surface area contributed by atoms with E-state index in [1.165, 1.54) is 59.2 Å². The third-order valence-electron chi connectivity index (χ3n) is 7.07. The Balaban J connectivity index is 1.23. The van der Waals surface area contributed by atoms with E-state index in [1.807, 2.05) is 23.2 Å². The second-order valence-corrected chi connectivity index (χ2v) is 11.6. The molecule has 8 nitrogen and oxygen atoms in total. The third-order valence-corrected chi connectivity index (χ3v) is 8.13. The Morgan fingerprint density at radius 1 is 1.09 bits per heavy atom. The van der Waals surface area contributed by atoms with Crippen molar-refractivity contribution in [3.8, 4) is 22.8 Å². The van der Waals surface area contributed by atoms with Crippen LogP contribution in [0.15, 0.2) is 78.0 Å². The van der Waals surface area contributed by atoms with Gasteiger partial charge in [-0.2, -0.15) is 4.99 Å². The highest BCUT2D eigenvalue weighted by molar-refractivity contribution is 8.14. The lowest BCUT2D eigenvalue weighted by atomic mass is 10.0. The number of anilines is 1. The molecule has 1 aromatic heterocycles. The number of ether oxygens (including phenoxy) is 1. The fraction of sp³-hybridized carbons (Fsp3) is 0.312. The molecule has 0 aliphatic carbocycles. The highest BCUT2D eigenvalue weighted by Crippen LogP contribution is 2.31. The number of thioether (sulfide) groups is 1.